The lowest BCUT2D eigenvalue weighted by Gasteiger charge is -2.11. The number of nitrogens with one attached hydrogen (secondary N) is 2. The highest BCUT2D eigenvalue weighted by Gasteiger charge is 2.10. The Hall–Kier alpha value is -1.21. The van der Waals surface area contributed by atoms with Gasteiger partial charge in [-0.2, -0.15) is 0 Å². The third-order valence-electron chi connectivity index (χ3n) is 2.49. The van der Waals surface area contributed by atoms with E-state index >= 15 is 0 Å². The summed E-state index contributed by atoms with van der Waals surface area (Å²) in [6.07, 6.45) is 0. The minimum Gasteiger partial charge on any atom is -0.306 e. The van der Waals surface area contributed by atoms with Gasteiger partial charge in [-0.1, -0.05) is 17.7 Å². The zero-order valence-electron chi connectivity index (χ0n) is 10.8. The summed E-state index contributed by atoms with van der Waals surface area (Å²) in [6, 6.07) is 7.06. The molecular weight excluding hydrogens is 314 g/mol. The van der Waals surface area contributed by atoms with E-state index in [4.69, 9.17) is 17.4 Å². The average Bonchev–Trinajstić information content (AvgIpc) is 2.83. The molecule has 4 nitrogen and oxygen atoms in total. The number of urea groups is 1. The zero-order valence-corrected chi connectivity index (χ0v) is 13.2. The summed E-state index contributed by atoms with van der Waals surface area (Å²) < 4.78 is 0. The second-order valence-corrected chi connectivity index (χ2v) is 6.48. The van der Waals surface area contributed by atoms with Crippen molar-refractivity contribution in [3.8, 4) is 0 Å². The molecule has 1 heterocycles. The number of carbonyl (C=O) groups excluding carboxylic acids is 1. The van der Waals surface area contributed by atoms with Crippen molar-refractivity contribution in [1.29, 1.82) is 0 Å². The molecule has 0 aliphatic carbocycles. The highest BCUT2D eigenvalue weighted by molar-refractivity contribution is 7.99. The van der Waals surface area contributed by atoms with Gasteiger partial charge < -0.3 is 5.32 Å². The van der Waals surface area contributed by atoms with Crippen LogP contribution in [0.2, 0.25) is 5.02 Å². The number of halogens is 1. The van der Waals surface area contributed by atoms with Crippen LogP contribution in [-0.2, 0) is 5.75 Å². The number of thiophene rings is 1. The number of rotatable bonds is 4. The van der Waals surface area contributed by atoms with E-state index in [0.29, 0.717) is 10.7 Å². The van der Waals surface area contributed by atoms with E-state index in [-0.39, 0.29) is 0 Å². The van der Waals surface area contributed by atoms with Gasteiger partial charge in [0, 0.05) is 15.5 Å². The Bertz CT molecular complexity index is 615. The molecule has 7 heteroatoms. The average molecular weight is 328 g/mol. The fourth-order valence-corrected chi connectivity index (χ4v) is 3.92. The fourth-order valence-electron chi connectivity index (χ4n) is 1.62. The molecule has 0 unspecified atom stereocenters. The third kappa shape index (κ3) is 3.89. The van der Waals surface area contributed by atoms with Crippen molar-refractivity contribution >= 4 is 46.4 Å². The predicted octanol–water partition coefficient (Wildman–Crippen LogP) is 4.00. The predicted molar refractivity (Wildman–Crippen MR) is 86.4 cm³/mol. The van der Waals surface area contributed by atoms with E-state index in [1.54, 1.807) is 41.3 Å². The molecule has 0 aliphatic heterocycles. The van der Waals surface area contributed by atoms with Crippen molar-refractivity contribution in [1.82, 2.24) is 5.43 Å². The van der Waals surface area contributed by atoms with Crippen LogP contribution in [0.3, 0.4) is 0 Å². The van der Waals surface area contributed by atoms with Gasteiger partial charge in [-0.15, -0.1) is 23.1 Å². The van der Waals surface area contributed by atoms with Crippen LogP contribution in [0.1, 0.15) is 10.4 Å². The molecule has 0 atom stereocenters. The standard InChI is InChI=1S/C13H14ClN3OS2/c1-8-5-9(19-6-8)7-20-12-10(14)3-2-4-11(12)16-13(18)17-15/h2-6H,7,15H2,1H3,(H2,16,17,18). The van der Waals surface area contributed by atoms with Crippen LogP contribution in [0.5, 0.6) is 0 Å². The van der Waals surface area contributed by atoms with E-state index < -0.39 is 6.03 Å². The minimum atomic E-state index is -0.471. The highest BCUT2D eigenvalue weighted by atomic mass is 35.5. The first-order valence-electron chi connectivity index (χ1n) is 5.83. The van der Waals surface area contributed by atoms with E-state index in [2.05, 4.69) is 23.7 Å². The summed E-state index contributed by atoms with van der Waals surface area (Å²) in [5, 5.41) is 5.39. The Morgan fingerprint density at radius 1 is 1.50 bits per heavy atom. The monoisotopic (exact) mass is 327 g/mol. The first-order valence-corrected chi connectivity index (χ1v) is 8.07. The van der Waals surface area contributed by atoms with Crippen LogP contribution in [0.4, 0.5) is 10.5 Å². The Morgan fingerprint density at radius 2 is 2.30 bits per heavy atom. The number of thioether (sulfide) groups is 1. The number of nitrogens with two attached hydrogens (primary N) is 1. The van der Waals surface area contributed by atoms with Crippen molar-refractivity contribution in [3.63, 3.8) is 0 Å². The van der Waals surface area contributed by atoms with Crippen molar-refractivity contribution in [2.45, 2.75) is 17.6 Å². The van der Waals surface area contributed by atoms with Crippen LogP contribution in [0.15, 0.2) is 34.5 Å². The van der Waals surface area contributed by atoms with Crippen LogP contribution in [0.25, 0.3) is 0 Å². The first kappa shape index (κ1) is 15.2. The number of hydrogen-bond donors (Lipinski definition) is 3. The number of anilines is 1. The van der Waals surface area contributed by atoms with Crippen molar-refractivity contribution in [3.05, 3.63) is 45.1 Å². The molecule has 0 fully saturated rings. The SMILES string of the molecule is Cc1csc(CSc2c(Cl)cccc2NC(=O)NN)c1. The van der Waals surface area contributed by atoms with Crippen molar-refractivity contribution in [2.24, 2.45) is 5.84 Å². The molecule has 4 N–H and O–H groups in total. The quantitative estimate of drug-likeness (QED) is 0.344. The second-order valence-electron chi connectivity index (χ2n) is 4.09. The number of amides is 2. The number of aryl methyl sites for hydroxylation is 1. The first-order chi connectivity index (χ1) is 9.60. The Morgan fingerprint density at radius 3 is 2.95 bits per heavy atom. The van der Waals surface area contributed by atoms with Crippen molar-refractivity contribution in [2.75, 3.05) is 5.32 Å². The maximum atomic E-state index is 11.3. The van der Waals surface area contributed by atoms with Crippen LogP contribution in [-0.4, -0.2) is 6.03 Å². The third-order valence-corrected chi connectivity index (χ3v) is 5.34. The van der Waals surface area contributed by atoms with E-state index in [1.807, 2.05) is 5.43 Å². The molecule has 0 aliphatic rings. The normalized spacial score (nSPS) is 10.3. The summed E-state index contributed by atoms with van der Waals surface area (Å²) in [4.78, 5) is 13.4. The van der Waals surface area contributed by atoms with E-state index in [0.717, 1.165) is 10.6 Å². The van der Waals surface area contributed by atoms with Gasteiger partial charge in [0.1, 0.15) is 0 Å². The molecular formula is C13H14ClN3OS2. The van der Waals surface area contributed by atoms with Gasteiger partial charge in [0.25, 0.3) is 0 Å². The molecule has 20 heavy (non-hydrogen) atoms. The Kier molecular flexibility index (Phi) is 5.31. The van der Waals surface area contributed by atoms with Crippen LogP contribution < -0.4 is 16.6 Å². The van der Waals surface area contributed by atoms with Gasteiger partial charge in [-0.25, -0.2) is 10.6 Å². The van der Waals surface area contributed by atoms with E-state index in [1.165, 1.54) is 10.4 Å². The summed E-state index contributed by atoms with van der Waals surface area (Å²) in [5.41, 5.74) is 3.94. The van der Waals surface area contributed by atoms with Gasteiger partial charge in [0.05, 0.1) is 10.7 Å². The summed E-state index contributed by atoms with van der Waals surface area (Å²) >= 11 is 9.51. The molecule has 106 valence electrons. The number of benzene rings is 1. The minimum absolute atomic E-state index is 0.471. The lowest BCUT2D eigenvalue weighted by Crippen LogP contribution is -2.34. The molecule has 2 amide bonds. The van der Waals surface area contributed by atoms with Gasteiger partial charge in [0.15, 0.2) is 0 Å². The highest BCUT2D eigenvalue weighted by Crippen LogP contribution is 2.37. The summed E-state index contributed by atoms with van der Waals surface area (Å²) in [7, 11) is 0. The van der Waals surface area contributed by atoms with Crippen LogP contribution in [0, 0.1) is 6.92 Å². The smallest absolute Gasteiger partial charge is 0.306 e. The number of hydrogen-bond acceptors (Lipinski definition) is 4. The maximum Gasteiger partial charge on any atom is 0.333 e. The molecule has 1 aromatic carbocycles. The summed E-state index contributed by atoms with van der Waals surface area (Å²) in [5.74, 6) is 5.88. The Labute approximate surface area is 130 Å². The van der Waals surface area contributed by atoms with Gasteiger partial charge in [-0.05, 0) is 36.1 Å². The van der Waals surface area contributed by atoms with Gasteiger partial charge in [-0.3, -0.25) is 5.43 Å². The zero-order chi connectivity index (χ0) is 14.5. The molecule has 0 spiro atoms. The van der Waals surface area contributed by atoms with Crippen LogP contribution >= 0.6 is 34.7 Å². The molecule has 2 rings (SSSR count). The van der Waals surface area contributed by atoms with Gasteiger partial charge in [0.2, 0.25) is 0 Å². The molecule has 2 aromatic rings. The molecule has 1 aromatic heterocycles. The van der Waals surface area contributed by atoms with Crippen molar-refractivity contribution < 1.29 is 4.79 Å². The van der Waals surface area contributed by atoms with E-state index in [9.17, 15) is 4.79 Å². The number of carbonyl (C=O) groups is 1. The van der Waals surface area contributed by atoms with Gasteiger partial charge >= 0.3 is 6.03 Å². The molecule has 0 saturated carbocycles. The lowest BCUT2D eigenvalue weighted by atomic mass is 10.3. The second kappa shape index (κ2) is 6.99. The molecule has 0 radical (unpaired) electrons. The largest absolute Gasteiger partial charge is 0.333 e. The summed E-state index contributed by atoms with van der Waals surface area (Å²) in [6.45, 7) is 2.07. The topological polar surface area (TPSA) is 67.2 Å². The lowest BCUT2D eigenvalue weighted by molar-refractivity contribution is 0.252. The molecule has 0 saturated heterocycles. The fraction of sp³-hybridized carbons (Fsp3) is 0.154. The maximum absolute atomic E-state index is 11.3. The molecule has 0 bridgehead atoms. The Balaban J connectivity index is 2.14. The number of hydrazine groups is 1.